The molecule has 0 N–H and O–H groups in total. The normalized spacial score (nSPS) is 10.3. The zero-order valence-electron chi connectivity index (χ0n) is 11.4. The zero-order valence-corrected chi connectivity index (χ0v) is 11.4. The Morgan fingerprint density at radius 2 is 1.90 bits per heavy atom. The molecule has 1 heterocycles. The Kier molecular flexibility index (Phi) is 3.93. The molecule has 20 heavy (non-hydrogen) atoms. The van der Waals surface area contributed by atoms with Gasteiger partial charge in [-0.2, -0.15) is 0 Å². The van der Waals surface area contributed by atoms with Crippen LogP contribution in [0.3, 0.4) is 0 Å². The van der Waals surface area contributed by atoms with E-state index in [2.05, 4.69) is 4.74 Å². The summed E-state index contributed by atoms with van der Waals surface area (Å²) >= 11 is 0. The van der Waals surface area contributed by atoms with Crippen LogP contribution >= 0.6 is 0 Å². The molecule has 2 aromatic rings. The second-order valence-corrected chi connectivity index (χ2v) is 4.05. The summed E-state index contributed by atoms with van der Waals surface area (Å²) in [6, 6.07) is 4.48. The first-order valence-corrected chi connectivity index (χ1v) is 5.84. The first kappa shape index (κ1) is 13.9. The minimum Gasteiger partial charge on any atom is -0.496 e. The highest BCUT2D eigenvalue weighted by atomic mass is 16.5. The second kappa shape index (κ2) is 5.64. The number of carbonyl (C=O) groups is 1. The lowest BCUT2D eigenvalue weighted by molar-refractivity contribution is -0.139. The Bertz CT molecular complexity index is 701. The Morgan fingerprint density at radius 1 is 1.15 bits per heavy atom. The van der Waals surface area contributed by atoms with Gasteiger partial charge in [-0.05, 0) is 5.56 Å². The number of rotatable bonds is 4. The molecule has 0 amide bonds. The predicted molar refractivity (Wildman–Crippen MR) is 71.3 cm³/mol. The Labute approximate surface area is 114 Å². The van der Waals surface area contributed by atoms with Crippen LogP contribution in [0.25, 0.3) is 11.0 Å². The van der Waals surface area contributed by atoms with Crippen molar-refractivity contribution in [1.82, 2.24) is 0 Å². The molecule has 0 radical (unpaired) electrons. The molecule has 0 unspecified atom stereocenters. The van der Waals surface area contributed by atoms with Gasteiger partial charge >= 0.3 is 11.6 Å². The summed E-state index contributed by atoms with van der Waals surface area (Å²) in [4.78, 5) is 23.0. The van der Waals surface area contributed by atoms with Crippen LogP contribution in [0.15, 0.2) is 27.4 Å². The minimum atomic E-state index is -0.549. The Morgan fingerprint density at radius 3 is 2.50 bits per heavy atom. The van der Waals surface area contributed by atoms with Crippen LogP contribution < -0.4 is 15.1 Å². The van der Waals surface area contributed by atoms with E-state index in [0.29, 0.717) is 28.0 Å². The number of hydrogen-bond acceptors (Lipinski definition) is 6. The van der Waals surface area contributed by atoms with Gasteiger partial charge in [-0.3, -0.25) is 4.79 Å². The van der Waals surface area contributed by atoms with Gasteiger partial charge in [-0.25, -0.2) is 4.79 Å². The average Bonchev–Trinajstić information content (AvgIpc) is 2.45. The van der Waals surface area contributed by atoms with Gasteiger partial charge in [0.15, 0.2) is 0 Å². The van der Waals surface area contributed by atoms with E-state index in [1.165, 1.54) is 27.4 Å². The molecule has 0 bridgehead atoms. The summed E-state index contributed by atoms with van der Waals surface area (Å²) in [5.41, 5.74) is 0.238. The molecular formula is C14H14O6. The van der Waals surface area contributed by atoms with E-state index in [-0.39, 0.29) is 6.42 Å². The first-order chi connectivity index (χ1) is 9.58. The van der Waals surface area contributed by atoms with Gasteiger partial charge in [-0.1, -0.05) is 0 Å². The molecule has 0 aliphatic carbocycles. The van der Waals surface area contributed by atoms with Crippen molar-refractivity contribution in [2.45, 2.75) is 6.42 Å². The topological polar surface area (TPSA) is 75.0 Å². The molecule has 0 fully saturated rings. The first-order valence-electron chi connectivity index (χ1n) is 5.84. The molecular weight excluding hydrogens is 264 g/mol. The summed E-state index contributed by atoms with van der Waals surface area (Å²) in [6.07, 6.45) is -0.0404. The standard InChI is InChI=1S/C14H14O6/c1-17-9-6-10(18-2)14-8(4-12(15)19-3)5-13(16)20-11(14)7-9/h5-7H,4H2,1-3H3. The molecule has 0 saturated heterocycles. The number of esters is 1. The van der Waals surface area contributed by atoms with Gasteiger partial charge in [0.25, 0.3) is 0 Å². The van der Waals surface area contributed by atoms with E-state index in [9.17, 15) is 9.59 Å². The summed E-state index contributed by atoms with van der Waals surface area (Å²) < 4.78 is 20.1. The molecule has 2 rings (SSSR count). The van der Waals surface area contributed by atoms with Gasteiger partial charge in [0.1, 0.15) is 17.1 Å². The summed E-state index contributed by atoms with van der Waals surface area (Å²) in [5, 5.41) is 0.554. The van der Waals surface area contributed by atoms with Gasteiger partial charge in [-0.15, -0.1) is 0 Å². The van der Waals surface area contributed by atoms with Crippen LogP contribution in [-0.4, -0.2) is 27.3 Å². The molecule has 0 aliphatic heterocycles. The van der Waals surface area contributed by atoms with Crippen molar-refractivity contribution in [3.05, 3.63) is 34.2 Å². The molecule has 0 atom stereocenters. The molecule has 6 heteroatoms. The van der Waals surface area contributed by atoms with Crippen molar-refractivity contribution in [1.29, 1.82) is 0 Å². The third-order valence-corrected chi connectivity index (χ3v) is 2.88. The Hall–Kier alpha value is -2.50. The van der Waals surface area contributed by atoms with E-state index < -0.39 is 11.6 Å². The lowest BCUT2D eigenvalue weighted by atomic mass is 10.1. The summed E-state index contributed by atoms with van der Waals surface area (Å²) in [7, 11) is 4.27. The number of benzene rings is 1. The SMILES string of the molecule is COC(=O)Cc1cc(=O)oc2cc(OC)cc(OC)c12. The lowest BCUT2D eigenvalue weighted by Gasteiger charge is -2.10. The molecule has 1 aromatic heterocycles. The highest BCUT2D eigenvalue weighted by molar-refractivity contribution is 5.91. The van der Waals surface area contributed by atoms with Crippen LogP contribution in [0.2, 0.25) is 0 Å². The van der Waals surface area contributed by atoms with E-state index in [1.807, 2.05) is 0 Å². The predicted octanol–water partition coefficient (Wildman–Crippen LogP) is 1.53. The van der Waals surface area contributed by atoms with Gasteiger partial charge in [0.2, 0.25) is 0 Å². The fraction of sp³-hybridized carbons (Fsp3) is 0.286. The maximum absolute atomic E-state index is 11.6. The number of methoxy groups -OCH3 is 3. The van der Waals surface area contributed by atoms with E-state index in [1.54, 1.807) is 12.1 Å². The molecule has 6 nitrogen and oxygen atoms in total. The van der Waals surface area contributed by atoms with Gasteiger partial charge < -0.3 is 18.6 Å². The minimum absolute atomic E-state index is 0.0404. The molecule has 0 spiro atoms. The summed E-state index contributed by atoms with van der Waals surface area (Å²) in [5.74, 6) is 0.504. The summed E-state index contributed by atoms with van der Waals surface area (Å²) in [6.45, 7) is 0. The molecule has 0 saturated carbocycles. The second-order valence-electron chi connectivity index (χ2n) is 4.05. The highest BCUT2D eigenvalue weighted by Gasteiger charge is 2.15. The maximum atomic E-state index is 11.6. The fourth-order valence-electron chi connectivity index (χ4n) is 1.96. The highest BCUT2D eigenvalue weighted by Crippen LogP contribution is 2.33. The van der Waals surface area contributed by atoms with Crippen molar-refractivity contribution in [2.24, 2.45) is 0 Å². The smallest absolute Gasteiger partial charge is 0.336 e. The Balaban J connectivity index is 2.73. The van der Waals surface area contributed by atoms with Crippen molar-refractivity contribution in [3.63, 3.8) is 0 Å². The van der Waals surface area contributed by atoms with Crippen LogP contribution in [0.4, 0.5) is 0 Å². The van der Waals surface area contributed by atoms with Gasteiger partial charge in [0.05, 0.1) is 33.1 Å². The third-order valence-electron chi connectivity index (χ3n) is 2.88. The molecule has 0 aliphatic rings. The fourth-order valence-corrected chi connectivity index (χ4v) is 1.96. The van der Waals surface area contributed by atoms with Crippen LogP contribution in [0.5, 0.6) is 11.5 Å². The number of fused-ring (bicyclic) bond motifs is 1. The van der Waals surface area contributed by atoms with Crippen LogP contribution in [0, 0.1) is 0 Å². The zero-order chi connectivity index (χ0) is 14.7. The average molecular weight is 278 g/mol. The van der Waals surface area contributed by atoms with E-state index in [0.717, 1.165) is 0 Å². The largest absolute Gasteiger partial charge is 0.496 e. The quantitative estimate of drug-likeness (QED) is 0.623. The van der Waals surface area contributed by atoms with Gasteiger partial charge in [0, 0.05) is 18.2 Å². The van der Waals surface area contributed by atoms with E-state index in [4.69, 9.17) is 13.9 Å². The monoisotopic (exact) mass is 278 g/mol. The van der Waals surface area contributed by atoms with Crippen molar-refractivity contribution in [2.75, 3.05) is 21.3 Å². The van der Waals surface area contributed by atoms with Crippen molar-refractivity contribution < 1.29 is 23.4 Å². The third kappa shape index (κ3) is 2.59. The number of carbonyl (C=O) groups excluding carboxylic acids is 1. The van der Waals surface area contributed by atoms with Crippen molar-refractivity contribution >= 4 is 16.9 Å². The van der Waals surface area contributed by atoms with Crippen molar-refractivity contribution in [3.8, 4) is 11.5 Å². The maximum Gasteiger partial charge on any atom is 0.336 e. The number of hydrogen-bond donors (Lipinski definition) is 0. The van der Waals surface area contributed by atoms with Crippen LogP contribution in [0.1, 0.15) is 5.56 Å². The molecule has 1 aromatic carbocycles. The van der Waals surface area contributed by atoms with Crippen LogP contribution in [-0.2, 0) is 16.0 Å². The molecule has 106 valence electrons. The van der Waals surface area contributed by atoms with E-state index >= 15 is 0 Å². The lowest BCUT2D eigenvalue weighted by Crippen LogP contribution is -2.09. The number of ether oxygens (including phenoxy) is 3.